The molecule has 0 bridgehead atoms. The van der Waals surface area contributed by atoms with Crippen LogP contribution in [0.15, 0.2) is 36.4 Å². The van der Waals surface area contributed by atoms with Gasteiger partial charge in [-0.05, 0) is 36.4 Å². The number of rotatable bonds is 4. The molecule has 0 radical (unpaired) electrons. The Morgan fingerprint density at radius 3 is 2.55 bits per heavy atom. The predicted octanol–water partition coefficient (Wildman–Crippen LogP) is 3.44. The third kappa shape index (κ3) is 3.35. The van der Waals surface area contributed by atoms with Gasteiger partial charge in [0.1, 0.15) is 11.6 Å². The van der Waals surface area contributed by atoms with E-state index < -0.39 is 17.7 Å². The average molecular weight is 324 g/mol. The van der Waals surface area contributed by atoms with Crippen molar-refractivity contribution in [2.24, 2.45) is 0 Å². The van der Waals surface area contributed by atoms with Crippen molar-refractivity contribution in [2.75, 3.05) is 12.4 Å². The van der Waals surface area contributed by atoms with Gasteiger partial charge in [-0.15, -0.1) is 0 Å². The lowest BCUT2D eigenvalue weighted by Crippen LogP contribution is -2.13. The summed E-state index contributed by atoms with van der Waals surface area (Å²) in [5.74, 6) is -2.04. The van der Waals surface area contributed by atoms with Crippen LogP contribution in [0.3, 0.4) is 0 Å². The maximum absolute atomic E-state index is 13.0. The zero-order valence-electron chi connectivity index (χ0n) is 11.4. The van der Waals surface area contributed by atoms with Gasteiger partial charge in [-0.2, -0.15) is 0 Å². The van der Waals surface area contributed by atoms with Crippen LogP contribution in [-0.4, -0.2) is 24.1 Å². The van der Waals surface area contributed by atoms with E-state index in [1.165, 1.54) is 31.4 Å². The van der Waals surface area contributed by atoms with Crippen LogP contribution in [0.5, 0.6) is 5.75 Å². The maximum atomic E-state index is 13.0. The Bertz CT molecular complexity index is 748. The highest BCUT2D eigenvalue weighted by Gasteiger charge is 2.15. The van der Waals surface area contributed by atoms with E-state index in [2.05, 4.69) is 5.32 Å². The van der Waals surface area contributed by atoms with Gasteiger partial charge in [-0.25, -0.2) is 9.18 Å². The fraction of sp³-hybridized carbons (Fsp3) is 0.0667. The van der Waals surface area contributed by atoms with Crippen LogP contribution in [0.4, 0.5) is 10.1 Å². The highest BCUT2D eigenvalue weighted by atomic mass is 35.5. The number of nitrogens with one attached hydrogen (secondary N) is 1. The monoisotopic (exact) mass is 323 g/mol. The van der Waals surface area contributed by atoms with Crippen LogP contribution in [0.25, 0.3) is 0 Å². The highest BCUT2D eigenvalue weighted by Crippen LogP contribution is 2.27. The van der Waals surface area contributed by atoms with Crippen molar-refractivity contribution in [1.82, 2.24) is 0 Å². The standard InChI is InChI=1S/C15H11ClFNO4/c1-22-13-6-8(15(20)21)2-5-12(13)18-14(19)10-4-3-9(17)7-11(10)16/h2-7H,1H3,(H,18,19)(H,20,21). The number of aromatic carboxylic acids is 1. The van der Waals surface area contributed by atoms with Crippen molar-refractivity contribution in [3.8, 4) is 5.75 Å². The number of ether oxygens (including phenoxy) is 1. The number of benzene rings is 2. The minimum atomic E-state index is -1.11. The first-order chi connectivity index (χ1) is 10.4. The minimum absolute atomic E-state index is 0.0228. The molecule has 0 unspecified atom stereocenters. The fourth-order valence-corrected chi connectivity index (χ4v) is 2.04. The number of carbonyl (C=O) groups excluding carboxylic acids is 1. The van der Waals surface area contributed by atoms with E-state index in [4.69, 9.17) is 21.4 Å². The Morgan fingerprint density at radius 1 is 1.23 bits per heavy atom. The average Bonchev–Trinajstić information content (AvgIpc) is 2.47. The smallest absolute Gasteiger partial charge is 0.335 e. The van der Waals surface area contributed by atoms with Gasteiger partial charge in [0.25, 0.3) is 5.91 Å². The third-order valence-corrected chi connectivity index (χ3v) is 3.19. The molecular formula is C15H11ClFNO4. The number of hydrogen-bond acceptors (Lipinski definition) is 3. The summed E-state index contributed by atoms with van der Waals surface area (Å²) in [6, 6.07) is 7.41. The summed E-state index contributed by atoms with van der Waals surface area (Å²) >= 11 is 5.82. The molecule has 2 N–H and O–H groups in total. The largest absolute Gasteiger partial charge is 0.495 e. The second kappa shape index (κ2) is 6.44. The molecule has 114 valence electrons. The zero-order chi connectivity index (χ0) is 16.3. The number of hydrogen-bond donors (Lipinski definition) is 2. The van der Waals surface area contributed by atoms with Crippen LogP contribution >= 0.6 is 11.6 Å². The van der Waals surface area contributed by atoms with Gasteiger partial charge in [0.15, 0.2) is 0 Å². The topological polar surface area (TPSA) is 75.6 Å². The molecule has 0 aliphatic carbocycles. The molecule has 2 aromatic carbocycles. The van der Waals surface area contributed by atoms with Crippen molar-refractivity contribution in [2.45, 2.75) is 0 Å². The number of halogens is 2. The molecule has 0 aliphatic rings. The van der Waals surface area contributed by atoms with Crippen LogP contribution in [0.2, 0.25) is 5.02 Å². The lowest BCUT2D eigenvalue weighted by Gasteiger charge is -2.11. The van der Waals surface area contributed by atoms with Gasteiger partial charge in [0.05, 0.1) is 28.9 Å². The Morgan fingerprint density at radius 2 is 1.95 bits per heavy atom. The van der Waals surface area contributed by atoms with E-state index in [-0.39, 0.29) is 27.6 Å². The predicted molar refractivity (Wildman–Crippen MR) is 79.3 cm³/mol. The van der Waals surface area contributed by atoms with Crippen molar-refractivity contribution < 1.29 is 23.8 Å². The molecule has 0 fully saturated rings. The number of carbonyl (C=O) groups is 2. The highest BCUT2D eigenvalue weighted by molar-refractivity contribution is 6.34. The van der Waals surface area contributed by atoms with E-state index in [0.717, 1.165) is 12.1 Å². The molecule has 7 heteroatoms. The number of carboxylic acids is 1. The molecule has 0 spiro atoms. The Hall–Kier alpha value is -2.60. The van der Waals surface area contributed by atoms with Gasteiger partial charge in [-0.1, -0.05) is 11.6 Å². The number of anilines is 1. The summed E-state index contributed by atoms with van der Waals surface area (Å²) < 4.78 is 18.0. The first-order valence-electron chi connectivity index (χ1n) is 6.10. The number of methoxy groups -OCH3 is 1. The lowest BCUT2D eigenvalue weighted by atomic mass is 10.1. The normalized spacial score (nSPS) is 10.1. The van der Waals surface area contributed by atoms with Gasteiger partial charge in [-0.3, -0.25) is 4.79 Å². The molecule has 2 rings (SSSR count). The first kappa shape index (κ1) is 15.8. The maximum Gasteiger partial charge on any atom is 0.335 e. The SMILES string of the molecule is COc1cc(C(=O)O)ccc1NC(=O)c1ccc(F)cc1Cl. The van der Waals surface area contributed by atoms with Gasteiger partial charge in [0, 0.05) is 0 Å². The van der Waals surface area contributed by atoms with Gasteiger partial charge >= 0.3 is 5.97 Å². The molecule has 0 saturated heterocycles. The van der Waals surface area contributed by atoms with Crippen molar-refractivity contribution in [1.29, 1.82) is 0 Å². The second-order valence-corrected chi connectivity index (χ2v) is 4.71. The molecule has 0 aliphatic heterocycles. The summed E-state index contributed by atoms with van der Waals surface area (Å²) in [5, 5.41) is 11.4. The van der Waals surface area contributed by atoms with E-state index >= 15 is 0 Å². The Labute approximate surface area is 130 Å². The van der Waals surface area contributed by atoms with Crippen LogP contribution in [0, 0.1) is 5.82 Å². The summed E-state index contributed by atoms with van der Waals surface area (Å²) in [6.45, 7) is 0. The molecule has 0 saturated carbocycles. The van der Waals surface area contributed by atoms with Crippen molar-refractivity contribution in [3.05, 3.63) is 58.4 Å². The van der Waals surface area contributed by atoms with Crippen LogP contribution in [0.1, 0.15) is 20.7 Å². The summed E-state index contributed by atoms with van der Waals surface area (Å²) in [4.78, 5) is 23.0. The minimum Gasteiger partial charge on any atom is -0.495 e. The summed E-state index contributed by atoms with van der Waals surface area (Å²) in [6.07, 6.45) is 0. The zero-order valence-corrected chi connectivity index (χ0v) is 12.1. The van der Waals surface area contributed by atoms with E-state index in [9.17, 15) is 14.0 Å². The van der Waals surface area contributed by atoms with Gasteiger partial charge < -0.3 is 15.2 Å². The molecule has 0 aromatic heterocycles. The molecular weight excluding hydrogens is 313 g/mol. The van der Waals surface area contributed by atoms with E-state index in [0.29, 0.717) is 0 Å². The van der Waals surface area contributed by atoms with Crippen LogP contribution < -0.4 is 10.1 Å². The third-order valence-electron chi connectivity index (χ3n) is 2.87. The van der Waals surface area contributed by atoms with Gasteiger partial charge in [0.2, 0.25) is 0 Å². The lowest BCUT2D eigenvalue weighted by molar-refractivity contribution is 0.0696. The second-order valence-electron chi connectivity index (χ2n) is 4.30. The number of carboxylic acid groups (broad SMARTS) is 1. The first-order valence-corrected chi connectivity index (χ1v) is 6.48. The van der Waals surface area contributed by atoms with Crippen LogP contribution in [-0.2, 0) is 0 Å². The molecule has 1 amide bonds. The molecule has 5 nitrogen and oxygen atoms in total. The molecule has 22 heavy (non-hydrogen) atoms. The van der Waals surface area contributed by atoms with Crippen molar-refractivity contribution >= 4 is 29.2 Å². The Balaban J connectivity index is 2.30. The fourth-order valence-electron chi connectivity index (χ4n) is 1.79. The number of amides is 1. The van der Waals surface area contributed by atoms with E-state index in [1.807, 2.05) is 0 Å². The Kier molecular flexibility index (Phi) is 4.62. The van der Waals surface area contributed by atoms with E-state index in [1.54, 1.807) is 0 Å². The quantitative estimate of drug-likeness (QED) is 0.903. The summed E-state index contributed by atoms with van der Waals surface area (Å²) in [7, 11) is 1.35. The molecule has 0 atom stereocenters. The molecule has 2 aromatic rings. The summed E-state index contributed by atoms with van der Waals surface area (Å²) in [5.41, 5.74) is 0.389. The van der Waals surface area contributed by atoms with Crippen molar-refractivity contribution in [3.63, 3.8) is 0 Å². The molecule has 0 heterocycles.